The molecule has 0 unspecified atom stereocenters. The molecular weight excluding hydrogens is 516 g/mol. The Labute approximate surface area is 241 Å². The topological polar surface area (TPSA) is 61.8 Å². The molecule has 0 aromatic heterocycles. The first kappa shape index (κ1) is 30.3. The maximum atomic E-state index is 13.2. The Morgan fingerprint density at radius 3 is 2.38 bits per heavy atom. The summed E-state index contributed by atoms with van der Waals surface area (Å²) in [5.74, 6) is -0.565. The largest absolute Gasteiger partial charge is 0.462 e. The molecule has 0 amide bonds. The van der Waals surface area contributed by atoms with Crippen LogP contribution in [0.15, 0.2) is 66.7 Å². The number of hydrogen-bond acceptors (Lipinski definition) is 5. The van der Waals surface area contributed by atoms with Gasteiger partial charge in [0.05, 0.1) is 18.1 Å². The summed E-state index contributed by atoms with van der Waals surface area (Å²) in [5, 5.41) is 0.113. The number of benzene rings is 2. The van der Waals surface area contributed by atoms with Gasteiger partial charge >= 0.3 is 11.9 Å². The molecule has 40 heavy (non-hydrogen) atoms. The second-order valence-corrected chi connectivity index (χ2v) is 17.7. The van der Waals surface area contributed by atoms with Gasteiger partial charge in [-0.15, -0.1) is 0 Å². The molecule has 6 heteroatoms. The smallest absolute Gasteiger partial charge is 0.338 e. The van der Waals surface area contributed by atoms with E-state index in [0.29, 0.717) is 18.4 Å². The van der Waals surface area contributed by atoms with Crippen LogP contribution in [0.2, 0.25) is 18.1 Å². The van der Waals surface area contributed by atoms with Crippen molar-refractivity contribution < 1.29 is 23.5 Å². The first-order chi connectivity index (χ1) is 19.0. The van der Waals surface area contributed by atoms with Crippen LogP contribution in [0.25, 0.3) is 11.1 Å². The number of rotatable bonds is 11. The fourth-order valence-electron chi connectivity index (χ4n) is 5.52. The fraction of sp³-hybridized carbons (Fsp3) is 0.529. The van der Waals surface area contributed by atoms with Crippen LogP contribution in [0.1, 0.15) is 76.6 Å². The lowest BCUT2D eigenvalue weighted by Gasteiger charge is -2.39. The summed E-state index contributed by atoms with van der Waals surface area (Å²) in [6, 6.07) is 17.6. The first-order valence-electron chi connectivity index (χ1n) is 14.9. The summed E-state index contributed by atoms with van der Waals surface area (Å²) in [6.07, 6.45) is 9.09. The van der Waals surface area contributed by atoms with Gasteiger partial charge < -0.3 is 13.9 Å². The summed E-state index contributed by atoms with van der Waals surface area (Å²) in [5.41, 5.74) is 2.68. The van der Waals surface area contributed by atoms with E-state index in [4.69, 9.17) is 13.9 Å². The molecule has 5 atom stereocenters. The average Bonchev–Trinajstić information content (AvgIpc) is 3.42. The third-order valence-corrected chi connectivity index (χ3v) is 13.4. The van der Waals surface area contributed by atoms with E-state index >= 15 is 0 Å². The van der Waals surface area contributed by atoms with Crippen molar-refractivity contribution in [3.8, 4) is 11.1 Å². The lowest BCUT2D eigenvalue weighted by molar-refractivity contribution is -0.141. The molecule has 1 heterocycles. The molecule has 4 rings (SSSR count). The normalized spacial score (nSPS) is 23.7. The van der Waals surface area contributed by atoms with Gasteiger partial charge in [-0.2, -0.15) is 0 Å². The Morgan fingerprint density at radius 2 is 1.73 bits per heavy atom. The van der Waals surface area contributed by atoms with Crippen molar-refractivity contribution in [3.63, 3.8) is 0 Å². The van der Waals surface area contributed by atoms with Crippen LogP contribution < -0.4 is 0 Å². The maximum absolute atomic E-state index is 13.2. The molecule has 2 aliphatic rings. The lowest BCUT2D eigenvalue weighted by atomic mass is 9.91. The van der Waals surface area contributed by atoms with Crippen LogP contribution in [0.5, 0.6) is 0 Å². The minimum absolute atomic E-state index is 0.00592. The summed E-state index contributed by atoms with van der Waals surface area (Å²) >= 11 is 0. The van der Waals surface area contributed by atoms with Crippen LogP contribution >= 0.6 is 0 Å². The Bertz CT molecular complexity index is 1170. The van der Waals surface area contributed by atoms with Gasteiger partial charge in [-0.05, 0) is 47.8 Å². The molecule has 1 aliphatic carbocycles. The van der Waals surface area contributed by atoms with Crippen LogP contribution in [-0.4, -0.2) is 38.6 Å². The summed E-state index contributed by atoms with van der Waals surface area (Å²) in [4.78, 5) is 25.4. The molecule has 1 saturated heterocycles. The zero-order valence-electron chi connectivity index (χ0n) is 25.0. The fourth-order valence-corrected chi connectivity index (χ4v) is 6.83. The van der Waals surface area contributed by atoms with Crippen LogP contribution in [0.4, 0.5) is 0 Å². The minimum Gasteiger partial charge on any atom is -0.462 e. The van der Waals surface area contributed by atoms with E-state index in [1.807, 2.05) is 54.6 Å². The summed E-state index contributed by atoms with van der Waals surface area (Å²) in [7, 11) is -1.97. The highest BCUT2D eigenvalue weighted by molar-refractivity contribution is 6.74. The SMILES string of the molecule is CCCCC[C@@H](/C=C/[C@@H]1[C@H]2CC(=O)O[C@H]2C[C@H]1OC(=O)c1ccc(-c2ccccc2)cc1)O[Si](C)(C)C(C)(C)C. The molecule has 0 radical (unpaired) electrons. The van der Waals surface area contributed by atoms with E-state index in [-0.39, 0.29) is 47.1 Å². The molecule has 2 aromatic carbocycles. The molecule has 1 saturated carbocycles. The zero-order valence-corrected chi connectivity index (χ0v) is 26.0. The van der Waals surface area contributed by atoms with Crippen molar-refractivity contribution in [1.29, 1.82) is 0 Å². The van der Waals surface area contributed by atoms with Crippen molar-refractivity contribution in [3.05, 3.63) is 72.3 Å². The third-order valence-electron chi connectivity index (χ3n) is 8.93. The molecule has 2 fully saturated rings. The highest BCUT2D eigenvalue weighted by atomic mass is 28.4. The Hall–Kier alpha value is -2.70. The molecule has 0 spiro atoms. The van der Waals surface area contributed by atoms with E-state index in [9.17, 15) is 9.59 Å². The minimum atomic E-state index is -1.97. The number of hydrogen-bond donors (Lipinski definition) is 0. The number of esters is 2. The predicted octanol–water partition coefficient (Wildman–Crippen LogP) is 8.36. The second-order valence-electron chi connectivity index (χ2n) is 12.9. The summed E-state index contributed by atoms with van der Waals surface area (Å²) in [6.45, 7) is 13.6. The molecule has 216 valence electrons. The van der Waals surface area contributed by atoms with Crippen LogP contribution in [0.3, 0.4) is 0 Å². The van der Waals surface area contributed by atoms with Gasteiger partial charge in [-0.1, -0.05) is 102 Å². The van der Waals surface area contributed by atoms with Gasteiger partial charge in [0.1, 0.15) is 12.2 Å². The zero-order chi connectivity index (χ0) is 28.9. The first-order valence-corrected chi connectivity index (χ1v) is 17.8. The van der Waals surface area contributed by atoms with E-state index in [1.165, 1.54) is 6.42 Å². The highest BCUT2D eigenvalue weighted by Crippen LogP contribution is 2.44. The van der Waals surface area contributed by atoms with Gasteiger partial charge in [-0.3, -0.25) is 4.79 Å². The van der Waals surface area contributed by atoms with Crippen molar-refractivity contribution in [2.75, 3.05) is 0 Å². The molecule has 0 N–H and O–H groups in total. The molecule has 2 aromatic rings. The molecular formula is C34H46O5Si. The second kappa shape index (κ2) is 12.9. The van der Waals surface area contributed by atoms with Gasteiger partial charge in [0.15, 0.2) is 8.32 Å². The van der Waals surface area contributed by atoms with E-state index in [1.54, 1.807) is 0 Å². The van der Waals surface area contributed by atoms with Gasteiger partial charge in [0.25, 0.3) is 0 Å². The van der Waals surface area contributed by atoms with E-state index < -0.39 is 8.32 Å². The van der Waals surface area contributed by atoms with E-state index in [2.05, 4.69) is 52.9 Å². The average molecular weight is 563 g/mol. The summed E-state index contributed by atoms with van der Waals surface area (Å²) < 4.78 is 18.5. The van der Waals surface area contributed by atoms with Crippen molar-refractivity contribution in [2.24, 2.45) is 11.8 Å². The quantitative estimate of drug-likeness (QED) is 0.119. The van der Waals surface area contributed by atoms with Crippen LogP contribution in [-0.2, 0) is 18.7 Å². The van der Waals surface area contributed by atoms with Gasteiger partial charge in [0, 0.05) is 18.3 Å². The number of carbonyl (C=O) groups excluding carboxylic acids is 2. The molecule has 1 aliphatic heterocycles. The third kappa shape index (κ3) is 7.32. The number of fused-ring (bicyclic) bond motifs is 1. The highest BCUT2D eigenvalue weighted by Gasteiger charge is 2.51. The van der Waals surface area contributed by atoms with Crippen LogP contribution in [0, 0.1) is 11.8 Å². The van der Waals surface area contributed by atoms with Gasteiger partial charge in [-0.25, -0.2) is 4.79 Å². The Kier molecular flexibility index (Phi) is 9.73. The maximum Gasteiger partial charge on any atom is 0.338 e. The number of ether oxygens (including phenoxy) is 2. The predicted molar refractivity (Wildman–Crippen MR) is 163 cm³/mol. The van der Waals surface area contributed by atoms with Crippen molar-refractivity contribution in [1.82, 2.24) is 0 Å². The van der Waals surface area contributed by atoms with E-state index in [0.717, 1.165) is 30.4 Å². The standard InChI is InChI=1S/C34H46O5Si/c1-7-8-10-15-27(39-40(5,6)34(2,3)4)20-21-28-29-22-32(35)37-31(29)23-30(28)38-33(36)26-18-16-25(17-19-26)24-13-11-9-12-14-24/h9,11-14,16-21,27-31H,7-8,10,15,22-23H2,1-6H3/b21-20+/t27-,28+,29+,30+,31-/m0/s1. The molecule has 5 nitrogen and oxygen atoms in total. The van der Waals surface area contributed by atoms with Crippen molar-refractivity contribution >= 4 is 20.3 Å². The van der Waals surface area contributed by atoms with Crippen molar-refractivity contribution in [2.45, 2.75) is 103 Å². The van der Waals surface area contributed by atoms with Gasteiger partial charge in [0.2, 0.25) is 0 Å². The number of unbranched alkanes of at least 4 members (excludes halogenated alkanes) is 2. The lowest BCUT2D eigenvalue weighted by Crippen LogP contribution is -2.43. The Morgan fingerprint density at radius 1 is 1.05 bits per heavy atom. The number of carbonyl (C=O) groups is 2. The monoisotopic (exact) mass is 562 g/mol. The molecule has 0 bridgehead atoms. The Balaban J connectivity index is 1.50.